The van der Waals surface area contributed by atoms with Gasteiger partial charge < -0.3 is 10.3 Å². The lowest BCUT2D eigenvalue weighted by molar-refractivity contribution is 0.597. The molecular weight excluding hydrogens is 253 g/mol. The highest BCUT2D eigenvalue weighted by atomic mass is 35.5. The Labute approximate surface area is 110 Å². The van der Waals surface area contributed by atoms with Crippen molar-refractivity contribution in [1.29, 1.82) is 0 Å². The summed E-state index contributed by atoms with van der Waals surface area (Å²) in [5, 5.41) is 0.434. The molecular formula is C13H15ClFN3. The summed E-state index contributed by atoms with van der Waals surface area (Å²) >= 11 is 6.01. The molecule has 1 aromatic carbocycles. The van der Waals surface area contributed by atoms with Crippen molar-refractivity contribution in [2.45, 2.75) is 19.4 Å². The molecule has 2 rings (SSSR count). The molecule has 0 aliphatic heterocycles. The lowest BCUT2D eigenvalue weighted by atomic mass is 10.1. The average Bonchev–Trinajstić information content (AvgIpc) is 2.79. The molecule has 5 heteroatoms. The molecule has 96 valence electrons. The number of aryl methyl sites for hydroxylation is 1. The molecule has 1 heterocycles. The van der Waals surface area contributed by atoms with Crippen molar-refractivity contribution in [3.05, 3.63) is 52.8 Å². The first-order valence-corrected chi connectivity index (χ1v) is 6.23. The largest absolute Gasteiger partial charge is 0.335 e. The van der Waals surface area contributed by atoms with Gasteiger partial charge in [-0.3, -0.25) is 0 Å². The number of imidazole rings is 1. The minimum Gasteiger partial charge on any atom is -0.335 e. The van der Waals surface area contributed by atoms with Gasteiger partial charge in [0.1, 0.15) is 11.6 Å². The van der Waals surface area contributed by atoms with Crippen LogP contribution in [0.2, 0.25) is 5.02 Å². The first-order valence-electron chi connectivity index (χ1n) is 5.85. The zero-order chi connectivity index (χ0) is 13.0. The molecule has 0 unspecified atom stereocenters. The fraction of sp³-hybridized carbons (Fsp3) is 0.308. The number of nitrogens with zero attached hydrogens (tertiary/aromatic N) is 2. The molecule has 0 fully saturated rings. The quantitative estimate of drug-likeness (QED) is 0.905. The van der Waals surface area contributed by atoms with Gasteiger partial charge >= 0.3 is 0 Å². The van der Waals surface area contributed by atoms with Crippen molar-refractivity contribution in [2.75, 3.05) is 6.54 Å². The topological polar surface area (TPSA) is 43.8 Å². The average molecular weight is 268 g/mol. The number of benzene rings is 1. The van der Waals surface area contributed by atoms with Crippen LogP contribution < -0.4 is 5.73 Å². The fourth-order valence-electron chi connectivity index (χ4n) is 1.83. The van der Waals surface area contributed by atoms with E-state index in [0.717, 1.165) is 18.8 Å². The first kappa shape index (κ1) is 13.1. The highest BCUT2D eigenvalue weighted by Gasteiger charge is 2.11. The Hall–Kier alpha value is -1.39. The summed E-state index contributed by atoms with van der Waals surface area (Å²) in [4.78, 5) is 4.24. The van der Waals surface area contributed by atoms with Gasteiger partial charge in [-0.15, -0.1) is 0 Å². The molecule has 0 amide bonds. The third-order valence-electron chi connectivity index (χ3n) is 2.80. The lowest BCUT2D eigenvalue weighted by Gasteiger charge is -2.09. The van der Waals surface area contributed by atoms with E-state index in [2.05, 4.69) is 4.98 Å². The van der Waals surface area contributed by atoms with Gasteiger partial charge in [0.05, 0.1) is 0 Å². The molecule has 0 atom stereocenters. The minimum atomic E-state index is -0.295. The lowest BCUT2D eigenvalue weighted by Crippen LogP contribution is -2.09. The van der Waals surface area contributed by atoms with E-state index in [1.807, 2.05) is 10.8 Å². The van der Waals surface area contributed by atoms with Crippen LogP contribution in [0.15, 0.2) is 30.6 Å². The minimum absolute atomic E-state index is 0.295. The second kappa shape index (κ2) is 5.98. The van der Waals surface area contributed by atoms with E-state index in [9.17, 15) is 4.39 Å². The Balaban J connectivity index is 2.21. The van der Waals surface area contributed by atoms with Crippen LogP contribution in [0.25, 0.3) is 0 Å². The summed E-state index contributed by atoms with van der Waals surface area (Å²) in [6.45, 7) is 1.41. The summed E-state index contributed by atoms with van der Waals surface area (Å²) in [6, 6.07) is 4.70. The Morgan fingerprint density at radius 1 is 1.39 bits per heavy atom. The van der Waals surface area contributed by atoms with E-state index in [4.69, 9.17) is 17.3 Å². The number of aromatic nitrogens is 2. The Bertz CT molecular complexity index is 504. The van der Waals surface area contributed by atoms with E-state index in [0.29, 0.717) is 23.6 Å². The molecule has 2 aromatic rings. The third kappa shape index (κ3) is 2.89. The third-order valence-corrected chi connectivity index (χ3v) is 3.16. The van der Waals surface area contributed by atoms with Gasteiger partial charge in [0.25, 0.3) is 0 Å². The summed E-state index contributed by atoms with van der Waals surface area (Å²) in [5.41, 5.74) is 5.97. The molecule has 0 aliphatic carbocycles. The van der Waals surface area contributed by atoms with Gasteiger partial charge in [0.15, 0.2) is 0 Å². The van der Waals surface area contributed by atoms with Crippen molar-refractivity contribution < 1.29 is 4.39 Å². The molecule has 0 spiro atoms. The molecule has 0 aliphatic rings. The molecule has 0 bridgehead atoms. The number of rotatable bonds is 5. The van der Waals surface area contributed by atoms with Crippen molar-refractivity contribution in [1.82, 2.24) is 9.55 Å². The monoisotopic (exact) mass is 267 g/mol. The van der Waals surface area contributed by atoms with Gasteiger partial charge in [-0.05, 0) is 25.1 Å². The summed E-state index contributed by atoms with van der Waals surface area (Å²) in [6.07, 6.45) is 4.85. The number of halogens is 2. The number of hydrogen-bond acceptors (Lipinski definition) is 2. The molecule has 1 aromatic heterocycles. The predicted octanol–water partition coefficient (Wildman–Crippen LogP) is 2.62. The van der Waals surface area contributed by atoms with E-state index in [1.54, 1.807) is 18.3 Å². The maximum Gasteiger partial charge on any atom is 0.128 e. The number of hydrogen-bond donors (Lipinski definition) is 1. The van der Waals surface area contributed by atoms with Crippen LogP contribution in [-0.4, -0.2) is 16.1 Å². The Morgan fingerprint density at radius 2 is 2.22 bits per heavy atom. The normalized spacial score (nSPS) is 10.8. The van der Waals surface area contributed by atoms with E-state index in [1.165, 1.54) is 6.07 Å². The van der Waals surface area contributed by atoms with Crippen LogP contribution in [0, 0.1) is 5.82 Å². The van der Waals surface area contributed by atoms with Gasteiger partial charge in [-0.1, -0.05) is 17.7 Å². The van der Waals surface area contributed by atoms with Crippen LogP contribution in [-0.2, 0) is 13.0 Å². The van der Waals surface area contributed by atoms with Gasteiger partial charge in [0.2, 0.25) is 0 Å². The molecule has 3 nitrogen and oxygen atoms in total. The highest BCUT2D eigenvalue weighted by molar-refractivity contribution is 6.31. The smallest absolute Gasteiger partial charge is 0.128 e. The summed E-state index contributed by atoms with van der Waals surface area (Å²) in [5.74, 6) is 0.506. The molecule has 18 heavy (non-hydrogen) atoms. The van der Waals surface area contributed by atoms with Crippen LogP contribution in [0.5, 0.6) is 0 Å². The van der Waals surface area contributed by atoms with Crippen LogP contribution in [0.1, 0.15) is 17.8 Å². The second-order valence-corrected chi connectivity index (χ2v) is 4.46. The first-order chi connectivity index (χ1) is 8.72. The van der Waals surface area contributed by atoms with Gasteiger partial charge in [0, 0.05) is 35.9 Å². The second-order valence-electron chi connectivity index (χ2n) is 4.06. The van der Waals surface area contributed by atoms with E-state index in [-0.39, 0.29) is 5.82 Å². The highest BCUT2D eigenvalue weighted by Crippen LogP contribution is 2.21. The van der Waals surface area contributed by atoms with Crippen molar-refractivity contribution >= 4 is 11.6 Å². The Morgan fingerprint density at radius 3 is 2.94 bits per heavy atom. The van der Waals surface area contributed by atoms with Gasteiger partial charge in [-0.25, -0.2) is 9.37 Å². The molecule has 0 saturated heterocycles. The maximum atomic E-state index is 13.7. The standard InChI is InChI=1S/C13H15ClFN3/c14-11-3-1-4-12(15)10(11)9-13-17-6-8-18(13)7-2-5-16/h1,3-4,6,8H,2,5,7,9,16H2. The maximum absolute atomic E-state index is 13.7. The van der Waals surface area contributed by atoms with Crippen molar-refractivity contribution in [2.24, 2.45) is 5.73 Å². The van der Waals surface area contributed by atoms with E-state index < -0.39 is 0 Å². The van der Waals surface area contributed by atoms with E-state index >= 15 is 0 Å². The SMILES string of the molecule is NCCCn1ccnc1Cc1c(F)cccc1Cl. The zero-order valence-electron chi connectivity index (χ0n) is 9.94. The van der Waals surface area contributed by atoms with Crippen LogP contribution >= 0.6 is 11.6 Å². The Kier molecular flexibility index (Phi) is 4.33. The number of nitrogens with two attached hydrogens (primary N) is 1. The summed E-state index contributed by atoms with van der Waals surface area (Å²) in [7, 11) is 0. The predicted molar refractivity (Wildman–Crippen MR) is 70.1 cm³/mol. The van der Waals surface area contributed by atoms with Crippen LogP contribution in [0.3, 0.4) is 0 Å². The summed E-state index contributed by atoms with van der Waals surface area (Å²) < 4.78 is 15.7. The van der Waals surface area contributed by atoms with Gasteiger partial charge in [-0.2, -0.15) is 0 Å². The van der Waals surface area contributed by atoms with Crippen molar-refractivity contribution in [3.8, 4) is 0 Å². The molecule has 0 radical (unpaired) electrons. The van der Waals surface area contributed by atoms with Crippen LogP contribution in [0.4, 0.5) is 4.39 Å². The molecule has 2 N–H and O–H groups in total. The fourth-order valence-corrected chi connectivity index (χ4v) is 2.06. The van der Waals surface area contributed by atoms with Crippen molar-refractivity contribution in [3.63, 3.8) is 0 Å². The zero-order valence-corrected chi connectivity index (χ0v) is 10.7. The molecule has 0 saturated carbocycles.